The van der Waals surface area contributed by atoms with E-state index in [0.29, 0.717) is 17.2 Å². The minimum Gasteiger partial charge on any atom is -0.493 e. The van der Waals surface area contributed by atoms with Gasteiger partial charge in [0, 0.05) is 12.3 Å². The highest BCUT2D eigenvalue weighted by atomic mass is 32.2. The monoisotopic (exact) mass is 323 g/mol. The van der Waals surface area contributed by atoms with Crippen LogP contribution in [0.25, 0.3) is 0 Å². The molecule has 1 aromatic carbocycles. The number of methoxy groups -OCH3 is 2. The molecule has 0 aliphatic heterocycles. The first-order valence-corrected chi connectivity index (χ1v) is 7.94. The van der Waals surface area contributed by atoms with Gasteiger partial charge in [0.15, 0.2) is 11.5 Å². The number of rotatable bonds is 6. The molecule has 0 saturated carbocycles. The average molecular weight is 323 g/mol. The van der Waals surface area contributed by atoms with Crippen molar-refractivity contribution < 1.29 is 17.9 Å². The fraction of sp³-hybridized carbons (Fsp3) is 0.286. The van der Waals surface area contributed by atoms with E-state index in [4.69, 9.17) is 9.47 Å². The molecular formula is C14H17N3O4S. The van der Waals surface area contributed by atoms with Crippen molar-refractivity contribution in [1.29, 1.82) is 0 Å². The summed E-state index contributed by atoms with van der Waals surface area (Å²) in [6.45, 7) is 1.87. The summed E-state index contributed by atoms with van der Waals surface area (Å²) in [5.74, 6) is 0.811. The topological polar surface area (TPSA) is 90.4 Å². The van der Waals surface area contributed by atoms with Gasteiger partial charge in [0.05, 0.1) is 43.2 Å². The minimum atomic E-state index is -3.68. The lowest BCUT2D eigenvalue weighted by atomic mass is 10.3. The fourth-order valence-corrected chi connectivity index (χ4v) is 2.76. The molecule has 2 rings (SSSR count). The molecule has 0 aliphatic rings. The first-order valence-electron chi connectivity index (χ1n) is 6.45. The number of hydrogen-bond donors (Lipinski definition) is 1. The SMILES string of the molecule is COc1ccc(S(=O)(=O)NCc2cnc(C)cn2)cc1OC. The number of ether oxygens (including phenoxy) is 2. The minimum absolute atomic E-state index is 0.0595. The smallest absolute Gasteiger partial charge is 0.241 e. The normalized spacial score (nSPS) is 11.2. The molecular weight excluding hydrogens is 306 g/mol. The van der Waals surface area contributed by atoms with Crippen molar-refractivity contribution >= 4 is 10.0 Å². The second-order valence-corrected chi connectivity index (χ2v) is 6.26. The van der Waals surface area contributed by atoms with Gasteiger partial charge in [-0.05, 0) is 19.1 Å². The van der Waals surface area contributed by atoms with E-state index < -0.39 is 10.0 Å². The Morgan fingerprint density at radius 3 is 2.41 bits per heavy atom. The van der Waals surface area contributed by atoms with Crippen LogP contribution >= 0.6 is 0 Å². The zero-order valence-electron chi connectivity index (χ0n) is 12.5. The molecule has 0 bridgehead atoms. The largest absolute Gasteiger partial charge is 0.493 e. The van der Waals surface area contributed by atoms with E-state index in [1.807, 2.05) is 6.92 Å². The lowest BCUT2D eigenvalue weighted by Gasteiger charge is -2.10. The molecule has 1 aromatic heterocycles. The summed E-state index contributed by atoms with van der Waals surface area (Å²) in [7, 11) is -0.745. The van der Waals surface area contributed by atoms with Gasteiger partial charge in [-0.15, -0.1) is 0 Å². The van der Waals surface area contributed by atoms with Crippen molar-refractivity contribution in [2.24, 2.45) is 0 Å². The molecule has 0 saturated heterocycles. The van der Waals surface area contributed by atoms with Crippen LogP contribution in [-0.4, -0.2) is 32.6 Å². The summed E-state index contributed by atoms with van der Waals surface area (Å²) in [5, 5.41) is 0. The van der Waals surface area contributed by atoms with Crippen molar-refractivity contribution in [2.75, 3.05) is 14.2 Å². The highest BCUT2D eigenvalue weighted by Gasteiger charge is 2.17. The number of hydrogen-bond acceptors (Lipinski definition) is 6. The molecule has 2 aromatic rings. The summed E-state index contributed by atoms with van der Waals surface area (Å²) in [5.41, 5.74) is 1.31. The second-order valence-electron chi connectivity index (χ2n) is 4.49. The highest BCUT2D eigenvalue weighted by molar-refractivity contribution is 7.89. The number of nitrogens with one attached hydrogen (secondary N) is 1. The third kappa shape index (κ3) is 3.71. The van der Waals surface area contributed by atoms with Gasteiger partial charge in [-0.1, -0.05) is 0 Å². The van der Waals surface area contributed by atoms with E-state index in [2.05, 4.69) is 14.7 Å². The molecule has 0 amide bonds. The Morgan fingerprint density at radius 1 is 1.09 bits per heavy atom. The molecule has 22 heavy (non-hydrogen) atoms. The molecule has 0 radical (unpaired) electrons. The molecule has 8 heteroatoms. The summed E-state index contributed by atoms with van der Waals surface area (Å²) < 4.78 is 37.2. The maximum Gasteiger partial charge on any atom is 0.241 e. The molecule has 118 valence electrons. The van der Waals surface area contributed by atoms with Crippen LogP contribution in [0.5, 0.6) is 11.5 Å². The van der Waals surface area contributed by atoms with Gasteiger partial charge in [0.25, 0.3) is 0 Å². The number of aromatic nitrogens is 2. The molecule has 0 aliphatic carbocycles. The Hall–Kier alpha value is -2.19. The Labute approximate surface area is 129 Å². The first kappa shape index (κ1) is 16.2. The maximum atomic E-state index is 12.3. The van der Waals surface area contributed by atoms with Crippen molar-refractivity contribution in [2.45, 2.75) is 18.4 Å². The third-order valence-corrected chi connectivity index (χ3v) is 4.34. The Bertz CT molecular complexity index is 745. The summed E-state index contributed by atoms with van der Waals surface area (Å²) in [6.07, 6.45) is 3.12. The molecule has 0 atom stereocenters. The van der Waals surface area contributed by atoms with Gasteiger partial charge >= 0.3 is 0 Å². The molecule has 1 heterocycles. The molecule has 0 spiro atoms. The van der Waals surface area contributed by atoms with E-state index in [1.165, 1.54) is 32.5 Å². The predicted molar refractivity (Wildman–Crippen MR) is 80.3 cm³/mol. The van der Waals surface area contributed by atoms with E-state index in [0.717, 1.165) is 5.69 Å². The van der Waals surface area contributed by atoms with Crippen LogP contribution in [0.2, 0.25) is 0 Å². The van der Waals surface area contributed by atoms with Gasteiger partial charge < -0.3 is 9.47 Å². The van der Waals surface area contributed by atoms with Crippen LogP contribution in [0.4, 0.5) is 0 Å². The third-order valence-electron chi connectivity index (χ3n) is 2.94. The van der Waals surface area contributed by atoms with Crippen LogP contribution in [0.3, 0.4) is 0 Å². The molecule has 0 unspecified atom stereocenters. The lowest BCUT2D eigenvalue weighted by molar-refractivity contribution is 0.354. The highest BCUT2D eigenvalue weighted by Crippen LogP contribution is 2.29. The molecule has 0 fully saturated rings. The van der Waals surface area contributed by atoms with Crippen LogP contribution in [-0.2, 0) is 16.6 Å². The van der Waals surface area contributed by atoms with Crippen molar-refractivity contribution in [3.05, 3.63) is 42.0 Å². The number of sulfonamides is 1. The van der Waals surface area contributed by atoms with E-state index >= 15 is 0 Å². The lowest BCUT2D eigenvalue weighted by Crippen LogP contribution is -2.23. The van der Waals surface area contributed by atoms with Gasteiger partial charge in [-0.3, -0.25) is 9.97 Å². The number of benzene rings is 1. The fourth-order valence-electron chi connectivity index (χ4n) is 1.75. The van der Waals surface area contributed by atoms with Crippen LogP contribution in [0.15, 0.2) is 35.5 Å². The Morgan fingerprint density at radius 2 is 1.82 bits per heavy atom. The van der Waals surface area contributed by atoms with E-state index in [9.17, 15) is 8.42 Å². The zero-order chi connectivity index (χ0) is 16.2. The molecule has 7 nitrogen and oxygen atoms in total. The van der Waals surface area contributed by atoms with Gasteiger partial charge in [-0.25, -0.2) is 13.1 Å². The van der Waals surface area contributed by atoms with Gasteiger partial charge in [0.1, 0.15) is 0 Å². The van der Waals surface area contributed by atoms with Crippen LogP contribution in [0.1, 0.15) is 11.4 Å². The van der Waals surface area contributed by atoms with Crippen molar-refractivity contribution in [1.82, 2.24) is 14.7 Å². The van der Waals surface area contributed by atoms with Crippen LogP contribution < -0.4 is 14.2 Å². The Balaban J connectivity index is 2.17. The number of nitrogens with zero attached hydrogens (tertiary/aromatic N) is 2. The number of aryl methyl sites for hydroxylation is 1. The average Bonchev–Trinajstić information content (AvgIpc) is 2.53. The van der Waals surface area contributed by atoms with Crippen LogP contribution in [0, 0.1) is 6.92 Å². The van der Waals surface area contributed by atoms with E-state index in [-0.39, 0.29) is 11.4 Å². The quantitative estimate of drug-likeness (QED) is 0.861. The first-order chi connectivity index (χ1) is 10.5. The molecule has 1 N–H and O–H groups in total. The summed E-state index contributed by atoms with van der Waals surface area (Å²) in [6, 6.07) is 4.39. The zero-order valence-corrected chi connectivity index (χ0v) is 13.3. The van der Waals surface area contributed by atoms with E-state index in [1.54, 1.807) is 12.3 Å². The van der Waals surface area contributed by atoms with Gasteiger partial charge in [-0.2, -0.15) is 0 Å². The predicted octanol–water partition coefficient (Wildman–Crippen LogP) is 1.28. The summed E-state index contributed by atoms with van der Waals surface area (Å²) >= 11 is 0. The standard InChI is InChI=1S/C14H17N3O4S/c1-10-7-16-11(8-15-10)9-17-22(18,19)12-4-5-13(20-2)14(6-12)21-3/h4-8,17H,9H2,1-3H3. The van der Waals surface area contributed by atoms with Crippen molar-refractivity contribution in [3.8, 4) is 11.5 Å². The van der Waals surface area contributed by atoms with Crippen molar-refractivity contribution in [3.63, 3.8) is 0 Å². The van der Waals surface area contributed by atoms with Gasteiger partial charge in [0.2, 0.25) is 10.0 Å². The Kier molecular flexibility index (Phi) is 4.94. The second kappa shape index (κ2) is 6.71. The maximum absolute atomic E-state index is 12.3. The summed E-state index contributed by atoms with van der Waals surface area (Å²) in [4.78, 5) is 8.26.